The number of methoxy groups -OCH3 is 1. The highest BCUT2D eigenvalue weighted by Crippen LogP contribution is 2.22. The van der Waals surface area contributed by atoms with Gasteiger partial charge in [-0.1, -0.05) is 12.1 Å². The second-order valence-corrected chi connectivity index (χ2v) is 5.00. The minimum absolute atomic E-state index is 0.106. The van der Waals surface area contributed by atoms with Gasteiger partial charge in [0.2, 0.25) is 0 Å². The van der Waals surface area contributed by atoms with Crippen LogP contribution in [-0.4, -0.2) is 19.6 Å². The van der Waals surface area contributed by atoms with Crippen molar-refractivity contribution in [3.8, 4) is 11.5 Å². The van der Waals surface area contributed by atoms with Gasteiger partial charge in [0, 0.05) is 5.56 Å². The van der Waals surface area contributed by atoms with Crippen LogP contribution in [-0.2, 0) is 0 Å². The molecule has 1 atom stereocenters. The number of benzene rings is 2. The van der Waals surface area contributed by atoms with Gasteiger partial charge in [0.15, 0.2) is 11.6 Å². The maximum atomic E-state index is 13.7. The summed E-state index contributed by atoms with van der Waals surface area (Å²) in [6.45, 7) is -1.29. The molecule has 0 fully saturated rings. The van der Waals surface area contributed by atoms with E-state index in [-0.39, 0.29) is 17.1 Å². The number of halogens is 3. The average Bonchev–Trinajstić information content (AvgIpc) is 2.54. The largest absolute Gasteiger partial charge is 0.494 e. The highest BCUT2D eigenvalue weighted by molar-refractivity contribution is 5.94. The lowest BCUT2D eigenvalue weighted by Gasteiger charge is -2.15. The Hall–Kier alpha value is -2.70. The topological polar surface area (TPSA) is 47.6 Å². The fourth-order valence-electron chi connectivity index (χ4n) is 2.13. The van der Waals surface area contributed by atoms with E-state index in [4.69, 9.17) is 4.74 Å². The Morgan fingerprint density at radius 3 is 2.54 bits per heavy atom. The van der Waals surface area contributed by atoms with E-state index in [2.05, 4.69) is 10.1 Å². The first-order valence-electron chi connectivity index (χ1n) is 7.10. The van der Waals surface area contributed by atoms with Crippen LogP contribution in [0.1, 0.15) is 28.9 Å². The number of rotatable bonds is 6. The minimum atomic E-state index is -2.97. The normalized spacial score (nSPS) is 11.9. The van der Waals surface area contributed by atoms with E-state index in [1.165, 1.54) is 43.5 Å². The molecule has 0 saturated carbocycles. The predicted octanol–water partition coefficient (Wildman–Crippen LogP) is 3.93. The van der Waals surface area contributed by atoms with Crippen LogP contribution in [0.5, 0.6) is 11.5 Å². The molecule has 2 aromatic rings. The van der Waals surface area contributed by atoms with Gasteiger partial charge < -0.3 is 14.8 Å². The van der Waals surface area contributed by atoms with Crippen LogP contribution in [0.4, 0.5) is 13.2 Å². The van der Waals surface area contributed by atoms with Crippen molar-refractivity contribution in [2.24, 2.45) is 0 Å². The predicted molar refractivity (Wildman–Crippen MR) is 81.9 cm³/mol. The van der Waals surface area contributed by atoms with E-state index in [9.17, 15) is 18.0 Å². The standard InChI is InChI=1S/C17H16F3NO3/c1-10(11-6-7-15(23-2)14(18)9-11)21-16(22)12-4-3-5-13(8-12)24-17(19)20/h3-10,17H,1-2H3,(H,21,22)/t10-/m1/s1. The SMILES string of the molecule is COc1ccc([C@@H](C)NC(=O)c2cccc(OC(F)F)c2)cc1F. The van der Waals surface area contributed by atoms with Crippen molar-refractivity contribution >= 4 is 5.91 Å². The summed E-state index contributed by atoms with van der Waals surface area (Å²) in [6, 6.07) is 9.30. The van der Waals surface area contributed by atoms with Crippen molar-refractivity contribution in [1.29, 1.82) is 0 Å². The summed E-state index contributed by atoms with van der Waals surface area (Å²) < 4.78 is 47.2. The molecule has 7 heteroatoms. The Labute approximate surface area is 137 Å². The summed E-state index contributed by atoms with van der Waals surface area (Å²) in [5.41, 5.74) is 0.704. The second kappa shape index (κ2) is 7.72. The van der Waals surface area contributed by atoms with Crippen LogP contribution < -0.4 is 14.8 Å². The van der Waals surface area contributed by atoms with E-state index in [0.717, 1.165) is 0 Å². The van der Waals surface area contributed by atoms with Crippen LogP contribution in [0.15, 0.2) is 42.5 Å². The molecule has 0 aliphatic rings. The summed E-state index contributed by atoms with van der Waals surface area (Å²) in [7, 11) is 1.36. The minimum Gasteiger partial charge on any atom is -0.494 e. The highest BCUT2D eigenvalue weighted by Gasteiger charge is 2.15. The van der Waals surface area contributed by atoms with Gasteiger partial charge >= 0.3 is 6.61 Å². The Kier molecular flexibility index (Phi) is 5.68. The summed E-state index contributed by atoms with van der Waals surface area (Å²) in [6.07, 6.45) is 0. The van der Waals surface area contributed by atoms with Crippen LogP contribution in [0.25, 0.3) is 0 Å². The quantitative estimate of drug-likeness (QED) is 0.867. The zero-order valence-corrected chi connectivity index (χ0v) is 13.1. The van der Waals surface area contributed by atoms with Gasteiger partial charge in [-0.2, -0.15) is 8.78 Å². The monoisotopic (exact) mass is 339 g/mol. The number of carbonyl (C=O) groups is 1. The Morgan fingerprint density at radius 1 is 1.17 bits per heavy atom. The van der Waals surface area contributed by atoms with Crippen LogP contribution in [0, 0.1) is 5.82 Å². The number of ether oxygens (including phenoxy) is 2. The van der Waals surface area contributed by atoms with Gasteiger partial charge in [-0.25, -0.2) is 4.39 Å². The third kappa shape index (κ3) is 4.41. The highest BCUT2D eigenvalue weighted by atomic mass is 19.3. The smallest absolute Gasteiger partial charge is 0.387 e. The third-order valence-corrected chi connectivity index (χ3v) is 3.34. The van der Waals surface area contributed by atoms with Crippen LogP contribution in [0.2, 0.25) is 0 Å². The molecule has 128 valence electrons. The van der Waals surface area contributed by atoms with Crippen molar-refractivity contribution in [1.82, 2.24) is 5.32 Å². The summed E-state index contributed by atoms with van der Waals surface area (Å²) in [4.78, 5) is 12.2. The molecule has 0 unspecified atom stereocenters. The second-order valence-electron chi connectivity index (χ2n) is 5.00. The van der Waals surface area contributed by atoms with E-state index in [0.29, 0.717) is 5.56 Å². The summed E-state index contributed by atoms with van der Waals surface area (Å²) >= 11 is 0. The number of carbonyl (C=O) groups excluding carboxylic acids is 1. The van der Waals surface area contributed by atoms with Crippen molar-refractivity contribution in [3.05, 3.63) is 59.4 Å². The van der Waals surface area contributed by atoms with E-state index >= 15 is 0 Å². The van der Waals surface area contributed by atoms with Gasteiger partial charge in [0.05, 0.1) is 13.2 Å². The lowest BCUT2D eigenvalue weighted by molar-refractivity contribution is -0.0498. The molecule has 2 rings (SSSR count). The summed E-state index contributed by atoms with van der Waals surface area (Å²) in [5, 5.41) is 2.67. The van der Waals surface area contributed by atoms with Crippen molar-refractivity contribution < 1.29 is 27.4 Å². The average molecular weight is 339 g/mol. The van der Waals surface area contributed by atoms with Gasteiger partial charge in [0.25, 0.3) is 5.91 Å². The lowest BCUT2D eigenvalue weighted by atomic mass is 10.1. The number of alkyl halides is 2. The van der Waals surface area contributed by atoms with Gasteiger partial charge in [-0.05, 0) is 42.8 Å². The van der Waals surface area contributed by atoms with Gasteiger partial charge in [-0.15, -0.1) is 0 Å². The molecule has 0 aliphatic heterocycles. The molecular weight excluding hydrogens is 323 g/mol. The first kappa shape index (κ1) is 17.7. The molecule has 4 nitrogen and oxygen atoms in total. The van der Waals surface area contributed by atoms with Crippen molar-refractivity contribution in [2.45, 2.75) is 19.6 Å². The zero-order valence-electron chi connectivity index (χ0n) is 13.1. The molecule has 0 aliphatic carbocycles. The zero-order chi connectivity index (χ0) is 17.7. The molecule has 0 radical (unpaired) electrons. The molecule has 0 saturated heterocycles. The van der Waals surface area contributed by atoms with E-state index in [1.807, 2.05) is 0 Å². The summed E-state index contributed by atoms with van der Waals surface area (Å²) in [5.74, 6) is -1.03. The van der Waals surface area contributed by atoms with Crippen LogP contribution >= 0.6 is 0 Å². The van der Waals surface area contributed by atoms with Gasteiger partial charge in [-0.3, -0.25) is 4.79 Å². The molecule has 0 aromatic heterocycles. The fourth-order valence-corrected chi connectivity index (χ4v) is 2.13. The fraction of sp³-hybridized carbons (Fsp3) is 0.235. The molecule has 2 aromatic carbocycles. The molecule has 0 heterocycles. The molecule has 1 amide bonds. The Bertz CT molecular complexity index is 722. The Morgan fingerprint density at radius 2 is 1.92 bits per heavy atom. The van der Waals surface area contributed by atoms with Gasteiger partial charge in [0.1, 0.15) is 5.75 Å². The first-order valence-corrected chi connectivity index (χ1v) is 7.10. The first-order chi connectivity index (χ1) is 11.4. The molecule has 24 heavy (non-hydrogen) atoms. The number of amides is 1. The Balaban J connectivity index is 2.10. The number of hydrogen-bond donors (Lipinski definition) is 1. The van der Waals surface area contributed by atoms with Crippen LogP contribution in [0.3, 0.4) is 0 Å². The molecular formula is C17H16F3NO3. The van der Waals surface area contributed by atoms with Crippen molar-refractivity contribution in [2.75, 3.05) is 7.11 Å². The maximum Gasteiger partial charge on any atom is 0.387 e. The molecule has 0 spiro atoms. The van der Waals surface area contributed by atoms with E-state index < -0.39 is 24.4 Å². The molecule has 0 bridgehead atoms. The molecule has 1 N–H and O–H groups in total. The van der Waals surface area contributed by atoms with Crippen molar-refractivity contribution in [3.63, 3.8) is 0 Å². The number of nitrogens with one attached hydrogen (secondary N) is 1. The third-order valence-electron chi connectivity index (χ3n) is 3.34. The number of hydrogen-bond acceptors (Lipinski definition) is 3. The van der Waals surface area contributed by atoms with E-state index in [1.54, 1.807) is 13.0 Å². The maximum absolute atomic E-state index is 13.7. The lowest BCUT2D eigenvalue weighted by Crippen LogP contribution is -2.26.